The maximum Gasteiger partial charge on any atom is 0.335 e. The number of benzene rings is 3. The average molecular weight is 338 g/mol. The first-order valence-electron chi connectivity index (χ1n) is 7.41. The van der Waals surface area contributed by atoms with Crippen LogP contribution < -0.4 is 10.5 Å². The number of rotatable bonds is 2. The van der Waals surface area contributed by atoms with Gasteiger partial charge in [-0.15, -0.1) is 0 Å². The number of nitrogens with one attached hydrogen (secondary N) is 1. The molecule has 3 aromatic carbocycles. The molecule has 0 fully saturated rings. The second-order valence-corrected chi connectivity index (χ2v) is 6.12. The first kappa shape index (κ1) is 14.7. The molecule has 0 aliphatic carbocycles. The van der Waals surface area contributed by atoms with Crippen LogP contribution in [-0.2, 0) is 0 Å². The smallest absolute Gasteiger partial charge is 0.335 e. The molecule has 3 aromatic rings. The summed E-state index contributed by atoms with van der Waals surface area (Å²) in [5.41, 5.74) is 2.61. The summed E-state index contributed by atoms with van der Waals surface area (Å²) in [6.45, 7) is 0.373. The van der Waals surface area contributed by atoms with E-state index in [2.05, 4.69) is 5.32 Å². The van der Waals surface area contributed by atoms with Gasteiger partial charge < -0.3 is 10.4 Å². The number of carbonyl (C=O) groups is 2. The van der Waals surface area contributed by atoms with Crippen LogP contribution in [0.15, 0.2) is 48.5 Å². The highest BCUT2D eigenvalue weighted by atomic mass is 35.5. The third-order valence-corrected chi connectivity index (χ3v) is 4.62. The minimum atomic E-state index is -0.967. The second-order valence-electron chi connectivity index (χ2n) is 5.72. The van der Waals surface area contributed by atoms with E-state index in [9.17, 15) is 9.59 Å². The van der Waals surface area contributed by atoms with E-state index in [1.165, 1.54) is 0 Å². The van der Waals surface area contributed by atoms with Crippen LogP contribution in [0.3, 0.4) is 0 Å². The highest BCUT2D eigenvalue weighted by Gasteiger charge is 2.20. The molecular formula is C19H12ClNO3. The van der Waals surface area contributed by atoms with Gasteiger partial charge in [-0.25, -0.2) is 4.79 Å². The highest BCUT2D eigenvalue weighted by molar-refractivity contribution is 6.34. The minimum absolute atomic E-state index is 0.126. The van der Waals surface area contributed by atoms with Crippen LogP contribution in [-0.4, -0.2) is 23.5 Å². The molecule has 0 saturated heterocycles. The van der Waals surface area contributed by atoms with Crippen molar-refractivity contribution in [3.05, 3.63) is 75.5 Å². The van der Waals surface area contributed by atoms with Gasteiger partial charge >= 0.3 is 5.97 Å². The lowest BCUT2D eigenvalue weighted by molar-refractivity contribution is 0.0696. The summed E-state index contributed by atoms with van der Waals surface area (Å²) in [6, 6.07) is 14.1. The SMILES string of the molecule is O=C(O)c1ccc(C2=c3c(cc4ccc(Cl)c3c4)C(=O)NC2)cc1. The van der Waals surface area contributed by atoms with Gasteiger partial charge in [-0.05, 0) is 46.9 Å². The lowest BCUT2D eigenvalue weighted by atomic mass is 9.92. The van der Waals surface area contributed by atoms with E-state index in [0.717, 1.165) is 27.1 Å². The number of carboxylic acids is 1. The van der Waals surface area contributed by atoms with Crippen molar-refractivity contribution in [1.29, 1.82) is 0 Å². The van der Waals surface area contributed by atoms with Crippen molar-refractivity contribution in [2.75, 3.05) is 6.54 Å². The fourth-order valence-corrected chi connectivity index (χ4v) is 3.34. The molecule has 4 rings (SSSR count). The molecule has 0 atom stereocenters. The number of amides is 1. The largest absolute Gasteiger partial charge is 0.478 e. The summed E-state index contributed by atoms with van der Waals surface area (Å²) in [6.07, 6.45) is 0. The Kier molecular flexibility index (Phi) is 3.28. The Morgan fingerprint density at radius 2 is 1.83 bits per heavy atom. The molecule has 24 heavy (non-hydrogen) atoms. The first-order chi connectivity index (χ1) is 11.5. The molecule has 2 N–H and O–H groups in total. The lowest BCUT2D eigenvalue weighted by Gasteiger charge is -2.19. The van der Waals surface area contributed by atoms with Crippen molar-refractivity contribution >= 4 is 39.8 Å². The zero-order chi connectivity index (χ0) is 16.8. The molecule has 0 saturated carbocycles. The maximum atomic E-state index is 12.3. The van der Waals surface area contributed by atoms with Gasteiger partial charge in [0.15, 0.2) is 0 Å². The van der Waals surface area contributed by atoms with Crippen molar-refractivity contribution < 1.29 is 14.7 Å². The van der Waals surface area contributed by atoms with E-state index in [4.69, 9.17) is 16.7 Å². The van der Waals surface area contributed by atoms with E-state index < -0.39 is 5.97 Å². The number of aromatic carboxylic acids is 1. The molecular weight excluding hydrogens is 326 g/mol. The number of fused-ring (bicyclic) bond motifs is 4. The predicted molar refractivity (Wildman–Crippen MR) is 92.4 cm³/mol. The number of hydrogen-bond donors (Lipinski definition) is 2. The fourth-order valence-electron chi connectivity index (χ4n) is 3.13. The molecule has 0 spiro atoms. The fraction of sp³-hybridized carbons (Fsp3) is 0.0526. The molecule has 5 heteroatoms. The number of carbonyl (C=O) groups excluding carboxylic acids is 1. The lowest BCUT2D eigenvalue weighted by Crippen LogP contribution is -2.38. The van der Waals surface area contributed by atoms with Gasteiger partial charge in [0.1, 0.15) is 0 Å². The van der Waals surface area contributed by atoms with Crippen LogP contribution in [0.4, 0.5) is 0 Å². The molecule has 1 heterocycles. The standard InChI is InChI=1S/C19H12ClNO3/c20-16-6-1-10-7-13(16)17-14(8-10)18(22)21-9-15(17)11-2-4-12(5-3-11)19(23)24/h1-8H,9H2,(H,21,22)(H,23,24). The molecule has 1 aliphatic heterocycles. The Morgan fingerprint density at radius 3 is 2.54 bits per heavy atom. The minimum Gasteiger partial charge on any atom is -0.478 e. The van der Waals surface area contributed by atoms with Gasteiger partial charge in [0, 0.05) is 27.7 Å². The van der Waals surface area contributed by atoms with E-state index in [0.29, 0.717) is 17.1 Å². The van der Waals surface area contributed by atoms with Crippen LogP contribution in [0, 0.1) is 0 Å². The third-order valence-electron chi connectivity index (χ3n) is 4.29. The summed E-state index contributed by atoms with van der Waals surface area (Å²) in [4.78, 5) is 23.3. The van der Waals surface area contributed by atoms with Crippen molar-refractivity contribution in [2.24, 2.45) is 0 Å². The van der Waals surface area contributed by atoms with Crippen LogP contribution in [0.2, 0.25) is 5.02 Å². The number of halogens is 1. The normalized spacial score (nSPS) is 13.7. The molecule has 0 unspecified atom stereocenters. The number of carboxylic acid groups (broad SMARTS) is 1. The molecule has 4 nitrogen and oxygen atoms in total. The summed E-state index contributed by atoms with van der Waals surface area (Å²) in [7, 11) is 0. The van der Waals surface area contributed by atoms with Crippen LogP contribution in [0.5, 0.6) is 0 Å². The summed E-state index contributed by atoms with van der Waals surface area (Å²) < 4.78 is 0. The van der Waals surface area contributed by atoms with Crippen molar-refractivity contribution in [3.63, 3.8) is 0 Å². The molecule has 0 radical (unpaired) electrons. The zero-order valence-electron chi connectivity index (χ0n) is 12.5. The number of hydrogen-bond acceptors (Lipinski definition) is 2. The van der Waals surface area contributed by atoms with Crippen molar-refractivity contribution in [2.45, 2.75) is 0 Å². The van der Waals surface area contributed by atoms with E-state index in [1.807, 2.05) is 24.3 Å². The van der Waals surface area contributed by atoms with Gasteiger partial charge in [0.2, 0.25) is 0 Å². The first-order valence-corrected chi connectivity index (χ1v) is 7.79. The zero-order valence-corrected chi connectivity index (χ0v) is 13.2. The Hall–Kier alpha value is -2.85. The van der Waals surface area contributed by atoms with Crippen LogP contribution in [0.25, 0.3) is 16.3 Å². The maximum absolute atomic E-state index is 12.3. The van der Waals surface area contributed by atoms with Crippen LogP contribution >= 0.6 is 11.6 Å². The molecule has 2 bridgehead atoms. The van der Waals surface area contributed by atoms with Gasteiger partial charge in [0.05, 0.1) is 5.56 Å². The Morgan fingerprint density at radius 1 is 1.08 bits per heavy atom. The third kappa shape index (κ3) is 2.23. The van der Waals surface area contributed by atoms with Crippen molar-refractivity contribution in [1.82, 2.24) is 5.32 Å². The highest BCUT2D eigenvalue weighted by Crippen LogP contribution is 2.24. The van der Waals surface area contributed by atoms with Gasteiger partial charge in [-0.2, -0.15) is 0 Å². The molecule has 1 amide bonds. The van der Waals surface area contributed by atoms with E-state index >= 15 is 0 Å². The van der Waals surface area contributed by atoms with Crippen molar-refractivity contribution in [3.8, 4) is 0 Å². The molecule has 118 valence electrons. The average Bonchev–Trinajstić information content (AvgIpc) is 2.59. The summed E-state index contributed by atoms with van der Waals surface area (Å²) >= 11 is 6.35. The Bertz CT molecular complexity index is 1050. The van der Waals surface area contributed by atoms with E-state index in [-0.39, 0.29) is 11.5 Å². The Balaban J connectivity index is 2.06. The van der Waals surface area contributed by atoms with Crippen LogP contribution in [0.1, 0.15) is 26.3 Å². The summed E-state index contributed by atoms with van der Waals surface area (Å²) in [5, 5.41) is 15.1. The van der Waals surface area contributed by atoms with E-state index in [1.54, 1.807) is 24.3 Å². The van der Waals surface area contributed by atoms with Gasteiger partial charge in [-0.1, -0.05) is 29.8 Å². The van der Waals surface area contributed by atoms with Gasteiger partial charge in [-0.3, -0.25) is 4.79 Å². The Labute approximate surface area is 142 Å². The second kappa shape index (κ2) is 5.35. The summed E-state index contributed by atoms with van der Waals surface area (Å²) in [5.74, 6) is -1.09. The molecule has 0 aromatic heterocycles. The quantitative estimate of drug-likeness (QED) is 0.755. The predicted octanol–water partition coefficient (Wildman–Crippen LogP) is 2.85. The molecule has 1 aliphatic rings. The monoisotopic (exact) mass is 337 g/mol. The van der Waals surface area contributed by atoms with Gasteiger partial charge in [0.25, 0.3) is 5.91 Å². The topological polar surface area (TPSA) is 66.4 Å².